The molecule has 0 aliphatic carbocycles. The molecule has 5 nitrogen and oxygen atoms in total. The van der Waals surface area contributed by atoms with E-state index in [4.69, 9.17) is 16.1 Å². The van der Waals surface area contributed by atoms with E-state index >= 15 is 0 Å². The van der Waals surface area contributed by atoms with E-state index in [-0.39, 0.29) is 11.8 Å². The van der Waals surface area contributed by atoms with Gasteiger partial charge in [-0.1, -0.05) is 47.9 Å². The van der Waals surface area contributed by atoms with E-state index in [0.717, 1.165) is 17.7 Å². The molecule has 3 aromatic rings. The minimum Gasteiger partial charge on any atom is -0.339 e. The number of hydrogen-bond acceptors (Lipinski definition) is 4. The molecular weight excluding hydrogens is 350 g/mol. The van der Waals surface area contributed by atoms with Crippen LogP contribution in [0, 0.1) is 0 Å². The fraction of sp³-hybridized carbons (Fsp3) is 0.250. The summed E-state index contributed by atoms with van der Waals surface area (Å²) < 4.78 is 5.43. The maximum Gasteiger partial charge on any atom is 0.232 e. The van der Waals surface area contributed by atoms with Crippen molar-refractivity contribution in [3.8, 4) is 11.4 Å². The first-order valence-electron chi connectivity index (χ1n) is 8.63. The average Bonchev–Trinajstić information content (AvgIpc) is 3.29. The lowest BCUT2D eigenvalue weighted by molar-refractivity contribution is -0.117. The van der Waals surface area contributed by atoms with Gasteiger partial charge < -0.3 is 9.42 Å². The van der Waals surface area contributed by atoms with E-state index in [0.29, 0.717) is 29.7 Å². The quantitative estimate of drug-likeness (QED) is 0.682. The third-order valence-corrected chi connectivity index (χ3v) is 5.02. The molecule has 26 heavy (non-hydrogen) atoms. The molecule has 132 valence electrons. The molecule has 1 fully saturated rings. The molecule has 0 saturated carbocycles. The summed E-state index contributed by atoms with van der Waals surface area (Å²) >= 11 is 6.19. The van der Waals surface area contributed by atoms with Gasteiger partial charge in [0.15, 0.2) is 0 Å². The fourth-order valence-electron chi connectivity index (χ4n) is 3.19. The van der Waals surface area contributed by atoms with Gasteiger partial charge in [-0.15, -0.1) is 0 Å². The van der Waals surface area contributed by atoms with Gasteiger partial charge in [-0.2, -0.15) is 4.98 Å². The highest BCUT2D eigenvalue weighted by Crippen LogP contribution is 2.33. The van der Waals surface area contributed by atoms with Gasteiger partial charge in [0.25, 0.3) is 0 Å². The van der Waals surface area contributed by atoms with Crippen LogP contribution in [-0.2, 0) is 11.2 Å². The Morgan fingerprint density at radius 2 is 1.96 bits per heavy atom. The number of halogens is 1. The minimum absolute atomic E-state index is 0.0664. The first-order chi connectivity index (χ1) is 12.7. The summed E-state index contributed by atoms with van der Waals surface area (Å²) in [5.41, 5.74) is 2.87. The Labute approximate surface area is 156 Å². The van der Waals surface area contributed by atoms with Crippen LogP contribution in [0.2, 0.25) is 5.02 Å². The lowest BCUT2D eigenvalue weighted by Gasteiger charge is -2.16. The van der Waals surface area contributed by atoms with Crippen molar-refractivity contribution in [3.05, 3.63) is 65.0 Å². The van der Waals surface area contributed by atoms with Crippen LogP contribution in [0.1, 0.15) is 30.7 Å². The van der Waals surface area contributed by atoms with Gasteiger partial charge in [0.1, 0.15) is 0 Å². The molecule has 1 amide bonds. The molecule has 0 bridgehead atoms. The van der Waals surface area contributed by atoms with E-state index in [2.05, 4.69) is 29.2 Å². The molecule has 1 aliphatic heterocycles. The second-order valence-corrected chi connectivity index (χ2v) is 6.77. The number of amides is 1. The highest BCUT2D eigenvalue weighted by atomic mass is 35.5. The van der Waals surface area contributed by atoms with Crippen molar-refractivity contribution in [1.82, 2.24) is 10.1 Å². The number of rotatable bonds is 4. The van der Waals surface area contributed by atoms with Crippen LogP contribution in [-0.4, -0.2) is 22.6 Å². The Balaban J connectivity index is 1.55. The Kier molecular flexibility index (Phi) is 4.47. The maximum atomic E-state index is 12.5. The number of anilines is 1. The third-order valence-electron chi connectivity index (χ3n) is 4.69. The number of nitrogens with zero attached hydrogens (tertiary/aromatic N) is 3. The standard InChI is InChI=1S/C20H18ClN3O2/c1-2-13-7-9-15(10-8-13)24-12-14(11-18(24)25)20-22-19(23-26-20)16-5-3-4-6-17(16)21/h3-10,14H,2,11-12H2,1H3. The molecule has 1 aliphatic rings. The molecule has 1 aromatic heterocycles. The largest absolute Gasteiger partial charge is 0.339 e. The Hall–Kier alpha value is -2.66. The van der Waals surface area contributed by atoms with Crippen LogP contribution >= 0.6 is 11.6 Å². The Morgan fingerprint density at radius 1 is 1.19 bits per heavy atom. The molecule has 0 radical (unpaired) electrons. The highest BCUT2D eigenvalue weighted by molar-refractivity contribution is 6.33. The summed E-state index contributed by atoms with van der Waals surface area (Å²) in [4.78, 5) is 18.7. The van der Waals surface area contributed by atoms with Crippen LogP contribution < -0.4 is 4.90 Å². The molecular formula is C20H18ClN3O2. The van der Waals surface area contributed by atoms with Crippen molar-refractivity contribution in [3.63, 3.8) is 0 Å². The van der Waals surface area contributed by atoms with Crippen molar-refractivity contribution < 1.29 is 9.32 Å². The molecule has 2 heterocycles. The number of aromatic nitrogens is 2. The Morgan fingerprint density at radius 3 is 2.69 bits per heavy atom. The maximum absolute atomic E-state index is 12.5. The number of carbonyl (C=O) groups is 1. The molecule has 1 saturated heterocycles. The van der Waals surface area contributed by atoms with Gasteiger partial charge >= 0.3 is 0 Å². The van der Waals surface area contributed by atoms with Gasteiger partial charge in [0.2, 0.25) is 17.6 Å². The first-order valence-corrected chi connectivity index (χ1v) is 9.01. The zero-order chi connectivity index (χ0) is 18.1. The summed E-state index contributed by atoms with van der Waals surface area (Å²) in [6.07, 6.45) is 1.34. The lowest BCUT2D eigenvalue weighted by Crippen LogP contribution is -2.24. The van der Waals surface area contributed by atoms with Crippen molar-refractivity contribution in [1.29, 1.82) is 0 Å². The SMILES string of the molecule is CCc1ccc(N2CC(c3nc(-c4ccccc4Cl)no3)CC2=O)cc1. The second-order valence-electron chi connectivity index (χ2n) is 6.36. The molecule has 1 atom stereocenters. The van der Waals surface area contributed by atoms with Gasteiger partial charge in [-0.25, -0.2) is 0 Å². The van der Waals surface area contributed by atoms with E-state index in [1.165, 1.54) is 5.56 Å². The predicted octanol–water partition coefficient (Wildman–Crippen LogP) is 4.47. The third kappa shape index (κ3) is 3.10. The lowest BCUT2D eigenvalue weighted by atomic mass is 10.1. The zero-order valence-electron chi connectivity index (χ0n) is 14.4. The normalized spacial score (nSPS) is 17.1. The summed E-state index contributed by atoms with van der Waals surface area (Å²) in [5.74, 6) is 0.874. The molecule has 4 rings (SSSR count). The van der Waals surface area contributed by atoms with Crippen molar-refractivity contribution in [2.45, 2.75) is 25.7 Å². The highest BCUT2D eigenvalue weighted by Gasteiger charge is 2.35. The number of carbonyl (C=O) groups excluding carboxylic acids is 1. The molecule has 2 aromatic carbocycles. The van der Waals surface area contributed by atoms with E-state index in [1.54, 1.807) is 11.0 Å². The van der Waals surface area contributed by atoms with Crippen LogP contribution in [0.3, 0.4) is 0 Å². The molecule has 0 spiro atoms. The van der Waals surface area contributed by atoms with Crippen molar-refractivity contribution in [2.75, 3.05) is 11.4 Å². The number of benzene rings is 2. The summed E-state index contributed by atoms with van der Waals surface area (Å²) in [7, 11) is 0. The van der Waals surface area contributed by atoms with E-state index in [1.807, 2.05) is 30.3 Å². The van der Waals surface area contributed by atoms with E-state index < -0.39 is 0 Å². The number of hydrogen-bond donors (Lipinski definition) is 0. The summed E-state index contributed by atoms with van der Waals surface area (Å²) in [5, 5.41) is 4.61. The van der Waals surface area contributed by atoms with Crippen LogP contribution in [0.5, 0.6) is 0 Å². The predicted molar refractivity (Wildman–Crippen MR) is 100 cm³/mol. The zero-order valence-corrected chi connectivity index (χ0v) is 15.1. The van der Waals surface area contributed by atoms with Gasteiger partial charge in [0, 0.05) is 24.2 Å². The van der Waals surface area contributed by atoms with Crippen LogP contribution in [0.25, 0.3) is 11.4 Å². The van der Waals surface area contributed by atoms with Crippen LogP contribution in [0.15, 0.2) is 53.1 Å². The minimum atomic E-state index is -0.114. The monoisotopic (exact) mass is 367 g/mol. The number of aryl methyl sites for hydroxylation is 1. The first kappa shape index (κ1) is 16.8. The van der Waals surface area contributed by atoms with Crippen molar-refractivity contribution in [2.24, 2.45) is 0 Å². The van der Waals surface area contributed by atoms with E-state index in [9.17, 15) is 4.79 Å². The second kappa shape index (κ2) is 6.92. The van der Waals surface area contributed by atoms with Gasteiger partial charge in [0.05, 0.1) is 10.9 Å². The topological polar surface area (TPSA) is 59.2 Å². The summed E-state index contributed by atoms with van der Waals surface area (Å²) in [6.45, 7) is 2.65. The molecule has 1 unspecified atom stereocenters. The average molecular weight is 368 g/mol. The molecule has 6 heteroatoms. The van der Waals surface area contributed by atoms with Gasteiger partial charge in [-0.05, 0) is 36.2 Å². The smallest absolute Gasteiger partial charge is 0.232 e. The fourth-order valence-corrected chi connectivity index (χ4v) is 3.41. The van der Waals surface area contributed by atoms with Gasteiger partial charge in [-0.3, -0.25) is 4.79 Å². The van der Waals surface area contributed by atoms with Crippen LogP contribution in [0.4, 0.5) is 5.69 Å². The Bertz CT molecular complexity index is 936. The summed E-state index contributed by atoms with van der Waals surface area (Å²) in [6, 6.07) is 15.4. The van der Waals surface area contributed by atoms with Crippen molar-refractivity contribution >= 4 is 23.2 Å². The molecule has 0 N–H and O–H groups in total.